The highest BCUT2D eigenvalue weighted by Gasteiger charge is 2.30. The van der Waals surface area contributed by atoms with Gasteiger partial charge in [-0.15, -0.1) is 0 Å². The van der Waals surface area contributed by atoms with E-state index in [2.05, 4.69) is 9.46 Å². The fraction of sp³-hybridized carbons (Fsp3) is 0.222. The molecule has 2 aromatic rings. The van der Waals surface area contributed by atoms with Crippen molar-refractivity contribution in [3.05, 3.63) is 58.6 Å². The van der Waals surface area contributed by atoms with Gasteiger partial charge in [0.25, 0.3) is 10.0 Å². The highest BCUT2D eigenvalue weighted by molar-refractivity contribution is 7.92. The Balaban J connectivity index is 1.84. The molecule has 136 valence electrons. The van der Waals surface area contributed by atoms with Crippen LogP contribution in [0.15, 0.2) is 47.4 Å². The van der Waals surface area contributed by atoms with Crippen molar-refractivity contribution >= 4 is 39.1 Å². The fourth-order valence-electron chi connectivity index (χ4n) is 2.43. The number of ketones is 1. The number of hydrogen-bond acceptors (Lipinski definition) is 5. The van der Waals surface area contributed by atoms with E-state index in [1.54, 1.807) is 0 Å². The van der Waals surface area contributed by atoms with Gasteiger partial charge in [0.2, 0.25) is 0 Å². The molecule has 0 unspecified atom stereocenters. The third kappa shape index (κ3) is 3.89. The monoisotopic (exact) mass is 393 g/mol. The first-order chi connectivity index (χ1) is 12.3. The second-order valence-electron chi connectivity index (χ2n) is 5.95. The normalized spacial score (nSPS) is 13.9. The molecular weight excluding hydrogens is 378 g/mol. The second-order valence-corrected chi connectivity index (χ2v) is 8.04. The van der Waals surface area contributed by atoms with Gasteiger partial charge in [0, 0.05) is 11.5 Å². The van der Waals surface area contributed by atoms with E-state index in [1.165, 1.54) is 49.6 Å². The van der Waals surface area contributed by atoms with Crippen LogP contribution < -0.4 is 4.72 Å². The van der Waals surface area contributed by atoms with Gasteiger partial charge in [-0.2, -0.15) is 0 Å². The van der Waals surface area contributed by atoms with Crippen molar-refractivity contribution in [3.63, 3.8) is 0 Å². The van der Waals surface area contributed by atoms with Crippen molar-refractivity contribution in [2.45, 2.75) is 17.7 Å². The van der Waals surface area contributed by atoms with Crippen molar-refractivity contribution in [1.82, 2.24) is 0 Å². The Bertz CT molecular complexity index is 966. The van der Waals surface area contributed by atoms with Crippen molar-refractivity contribution in [1.29, 1.82) is 0 Å². The maximum atomic E-state index is 12.6. The first kappa shape index (κ1) is 18.4. The number of Topliss-reactive ketones (excluding diaryl/α,β-unsaturated/α-hetero) is 1. The summed E-state index contributed by atoms with van der Waals surface area (Å²) in [5.74, 6) is -0.503. The molecule has 0 amide bonds. The maximum absolute atomic E-state index is 12.6. The number of anilines is 1. The van der Waals surface area contributed by atoms with Gasteiger partial charge in [-0.3, -0.25) is 9.52 Å². The number of nitrogens with one attached hydrogen (secondary N) is 1. The molecule has 1 aliphatic carbocycles. The van der Waals surface area contributed by atoms with E-state index >= 15 is 0 Å². The van der Waals surface area contributed by atoms with Crippen LogP contribution in [0.5, 0.6) is 0 Å². The molecule has 26 heavy (non-hydrogen) atoms. The highest BCUT2D eigenvalue weighted by Crippen LogP contribution is 2.33. The number of esters is 1. The summed E-state index contributed by atoms with van der Waals surface area (Å²) in [4.78, 5) is 23.6. The Morgan fingerprint density at radius 3 is 2.27 bits per heavy atom. The van der Waals surface area contributed by atoms with Crippen LogP contribution in [-0.2, 0) is 14.8 Å². The molecular formula is C18H16ClNO5S. The molecule has 8 heteroatoms. The summed E-state index contributed by atoms with van der Waals surface area (Å²) >= 11 is 6.02. The van der Waals surface area contributed by atoms with Gasteiger partial charge in [0.05, 0.1) is 28.3 Å². The lowest BCUT2D eigenvalue weighted by atomic mass is 10.1. The lowest BCUT2D eigenvalue weighted by Gasteiger charge is -2.11. The maximum Gasteiger partial charge on any atom is 0.337 e. The van der Waals surface area contributed by atoms with E-state index in [4.69, 9.17) is 11.6 Å². The van der Waals surface area contributed by atoms with E-state index in [0.29, 0.717) is 5.56 Å². The van der Waals surface area contributed by atoms with Crippen LogP contribution in [-0.4, -0.2) is 27.3 Å². The smallest absolute Gasteiger partial charge is 0.337 e. The van der Waals surface area contributed by atoms with Gasteiger partial charge < -0.3 is 4.74 Å². The molecule has 0 radical (unpaired) electrons. The quantitative estimate of drug-likeness (QED) is 0.599. The van der Waals surface area contributed by atoms with Crippen LogP contribution in [0.4, 0.5) is 5.69 Å². The van der Waals surface area contributed by atoms with Gasteiger partial charge in [0.1, 0.15) is 0 Å². The number of halogens is 1. The summed E-state index contributed by atoms with van der Waals surface area (Å²) in [6, 6.07) is 9.89. The number of benzene rings is 2. The minimum atomic E-state index is -3.93. The Morgan fingerprint density at radius 2 is 1.69 bits per heavy atom. The lowest BCUT2D eigenvalue weighted by molar-refractivity contribution is 0.0600. The zero-order chi connectivity index (χ0) is 18.9. The largest absolute Gasteiger partial charge is 0.465 e. The SMILES string of the molecule is COC(=O)c1ccc(Cl)c(NS(=O)(=O)c2ccc(C(=O)C3CC3)cc2)c1. The van der Waals surface area contributed by atoms with E-state index in [0.717, 1.165) is 12.8 Å². The van der Waals surface area contributed by atoms with E-state index in [9.17, 15) is 18.0 Å². The van der Waals surface area contributed by atoms with Gasteiger partial charge in [-0.25, -0.2) is 13.2 Å². The predicted octanol–water partition coefficient (Wildman–Crippen LogP) is 3.52. The van der Waals surface area contributed by atoms with Crippen LogP contribution in [0.3, 0.4) is 0 Å². The Morgan fingerprint density at radius 1 is 1.08 bits per heavy atom. The molecule has 2 aromatic carbocycles. The molecule has 0 aromatic heterocycles. The Kier molecular flexibility index (Phi) is 5.02. The number of ether oxygens (including phenoxy) is 1. The summed E-state index contributed by atoms with van der Waals surface area (Å²) in [7, 11) is -2.70. The summed E-state index contributed by atoms with van der Waals surface area (Å²) < 4.78 is 32.1. The predicted molar refractivity (Wildman–Crippen MR) is 97.1 cm³/mol. The summed E-state index contributed by atoms with van der Waals surface area (Å²) in [5, 5.41) is 0.141. The molecule has 0 aliphatic heterocycles. The second kappa shape index (κ2) is 7.09. The Labute approximate surface area is 156 Å². The molecule has 0 heterocycles. The highest BCUT2D eigenvalue weighted by atomic mass is 35.5. The number of rotatable bonds is 6. The molecule has 0 saturated heterocycles. The lowest BCUT2D eigenvalue weighted by Crippen LogP contribution is -2.14. The zero-order valence-corrected chi connectivity index (χ0v) is 15.4. The first-order valence-electron chi connectivity index (χ1n) is 7.87. The number of carbonyl (C=O) groups excluding carboxylic acids is 2. The Hall–Kier alpha value is -2.38. The van der Waals surface area contributed by atoms with Crippen molar-refractivity contribution < 1.29 is 22.7 Å². The molecule has 3 rings (SSSR count). The molecule has 1 saturated carbocycles. The van der Waals surface area contributed by atoms with E-state index < -0.39 is 16.0 Å². The van der Waals surface area contributed by atoms with Crippen LogP contribution in [0.2, 0.25) is 5.02 Å². The van der Waals surface area contributed by atoms with Crippen molar-refractivity contribution in [2.75, 3.05) is 11.8 Å². The summed E-state index contributed by atoms with van der Waals surface area (Å²) in [5.41, 5.74) is 0.727. The molecule has 0 atom stereocenters. The molecule has 1 aliphatic rings. The van der Waals surface area contributed by atoms with Crippen LogP contribution in [0.1, 0.15) is 33.6 Å². The van der Waals surface area contributed by atoms with Crippen molar-refractivity contribution in [3.8, 4) is 0 Å². The minimum Gasteiger partial charge on any atom is -0.465 e. The minimum absolute atomic E-state index is 0.00983. The molecule has 1 fully saturated rings. The van der Waals surface area contributed by atoms with E-state index in [1.807, 2.05) is 0 Å². The van der Waals surface area contributed by atoms with Gasteiger partial charge in [-0.05, 0) is 43.2 Å². The third-order valence-electron chi connectivity index (χ3n) is 4.03. The average molecular weight is 394 g/mol. The number of sulfonamides is 1. The van der Waals surface area contributed by atoms with Gasteiger partial charge >= 0.3 is 5.97 Å². The molecule has 6 nitrogen and oxygen atoms in total. The summed E-state index contributed by atoms with van der Waals surface area (Å²) in [6.45, 7) is 0. The number of hydrogen-bond donors (Lipinski definition) is 1. The number of carbonyl (C=O) groups is 2. The molecule has 1 N–H and O–H groups in total. The molecule has 0 spiro atoms. The topological polar surface area (TPSA) is 89.5 Å². The van der Waals surface area contributed by atoms with Crippen molar-refractivity contribution in [2.24, 2.45) is 5.92 Å². The van der Waals surface area contributed by atoms with Crippen LogP contribution in [0.25, 0.3) is 0 Å². The van der Waals surface area contributed by atoms with Crippen LogP contribution >= 0.6 is 11.6 Å². The average Bonchev–Trinajstić information content (AvgIpc) is 3.47. The number of methoxy groups -OCH3 is 1. The van der Waals surface area contributed by atoms with E-state index in [-0.39, 0.29) is 32.9 Å². The van der Waals surface area contributed by atoms with Gasteiger partial charge in [-0.1, -0.05) is 23.7 Å². The summed E-state index contributed by atoms with van der Waals surface area (Å²) in [6.07, 6.45) is 1.77. The first-order valence-corrected chi connectivity index (χ1v) is 9.73. The third-order valence-corrected chi connectivity index (χ3v) is 5.74. The fourth-order valence-corrected chi connectivity index (χ4v) is 3.72. The standard InChI is InChI=1S/C18H16ClNO5S/c1-25-18(22)13-6-9-15(19)16(10-13)20-26(23,24)14-7-4-12(5-8-14)17(21)11-2-3-11/h4-11,20H,2-3H2,1H3. The van der Waals surface area contributed by atoms with Crippen LogP contribution in [0, 0.1) is 5.92 Å². The molecule has 0 bridgehead atoms. The van der Waals surface area contributed by atoms with Gasteiger partial charge in [0.15, 0.2) is 5.78 Å². The zero-order valence-electron chi connectivity index (χ0n) is 13.9.